The maximum atomic E-state index is 14.2. The fourth-order valence-electron chi connectivity index (χ4n) is 7.06. The van der Waals surface area contributed by atoms with Crippen LogP contribution in [0.3, 0.4) is 0 Å². The van der Waals surface area contributed by atoms with E-state index in [4.69, 9.17) is 11.6 Å². The summed E-state index contributed by atoms with van der Waals surface area (Å²) in [7, 11) is 0. The summed E-state index contributed by atoms with van der Waals surface area (Å²) in [5, 5.41) is 3.46. The Morgan fingerprint density at radius 1 is 0.821 bits per heavy atom. The summed E-state index contributed by atoms with van der Waals surface area (Å²) in [6, 6.07) is 28.4. The van der Waals surface area contributed by atoms with Crippen LogP contribution in [-0.2, 0) is 9.59 Å². The third kappa shape index (κ3) is 3.17. The molecule has 8 rings (SSSR count). The quantitative estimate of drug-likeness (QED) is 0.299. The summed E-state index contributed by atoms with van der Waals surface area (Å²) in [5.74, 6) is -1.55. The van der Waals surface area contributed by atoms with Crippen LogP contribution in [0.4, 0.5) is 11.4 Å². The number of rotatable bonds is 3. The van der Waals surface area contributed by atoms with E-state index in [9.17, 15) is 14.4 Å². The smallest absolute Gasteiger partial charge is 0.255 e. The number of halogens is 1. The first kappa shape index (κ1) is 23.9. The van der Waals surface area contributed by atoms with Gasteiger partial charge in [0.15, 0.2) is 0 Å². The number of benzene rings is 4. The van der Waals surface area contributed by atoms with Gasteiger partial charge >= 0.3 is 0 Å². The molecule has 192 valence electrons. The summed E-state index contributed by atoms with van der Waals surface area (Å²) in [6.45, 7) is 3.80. The number of amides is 3. The van der Waals surface area contributed by atoms with Gasteiger partial charge in [0.05, 0.1) is 17.0 Å². The fraction of sp³-hybridized carbons (Fsp3) is 0.182. The van der Waals surface area contributed by atoms with Crippen molar-refractivity contribution in [3.05, 3.63) is 129 Å². The van der Waals surface area contributed by atoms with Gasteiger partial charge in [0.2, 0.25) is 11.8 Å². The van der Waals surface area contributed by atoms with Crippen molar-refractivity contribution < 1.29 is 14.4 Å². The van der Waals surface area contributed by atoms with Gasteiger partial charge in [-0.05, 0) is 78.1 Å². The van der Waals surface area contributed by atoms with Gasteiger partial charge in [0.1, 0.15) is 0 Å². The van der Waals surface area contributed by atoms with E-state index in [1.807, 2.05) is 38.1 Å². The molecule has 4 aromatic rings. The van der Waals surface area contributed by atoms with Crippen LogP contribution in [0, 0.1) is 18.3 Å². The van der Waals surface area contributed by atoms with Crippen molar-refractivity contribution in [2.24, 2.45) is 11.3 Å². The molecule has 1 heterocycles. The second-order valence-corrected chi connectivity index (χ2v) is 11.2. The molecule has 4 aromatic carbocycles. The number of anilines is 2. The maximum absolute atomic E-state index is 14.2. The van der Waals surface area contributed by atoms with Crippen LogP contribution >= 0.6 is 11.6 Å². The molecule has 4 aliphatic rings. The van der Waals surface area contributed by atoms with Crippen molar-refractivity contribution in [2.75, 3.05) is 10.2 Å². The molecule has 0 aromatic heterocycles. The number of imide groups is 1. The van der Waals surface area contributed by atoms with Gasteiger partial charge in [-0.2, -0.15) is 0 Å². The Hall–Kier alpha value is -4.22. The zero-order chi connectivity index (χ0) is 27.1. The lowest BCUT2D eigenvalue weighted by atomic mass is 9.48. The third-order valence-electron chi connectivity index (χ3n) is 8.92. The molecular weight excluding hydrogens is 508 g/mol. The number of carbonyl (C=O) groups is 3. The molecule has 2 atom stereocenters. The molecule has 6 heteroatoms. The predicted molar refractivity (Wildman–Crippen MR) is 151 cm³/mol. The van der Waals surface area contributed by atoms with Crippen molar-refractivity contribution in [1.82, 2.24) is 0 Å². The Balaban J connectivity index is 1.24. The van der Waals surface area contributed by atoms with Crippen LogP contribution < -0.4 is 10.2 Å². The molecule has 0 radical (unpaired) electrons. The topological polar surface area (TPSA) is 66.5 Å². The molecular formula is C33H25ClN2O3. The molecule has 1 fully saturated rings. The highest BCUT2D eigenvalue weighted by Gasteiger charge is 2.68. The maximum Gasteiger partial charge on any atom is 0.255 e. The van der Waals surface area contributed by atoms with Crippen molar-refractivity contribution in [3.8, 4) is 0 Å². The monoisotopic (exact) mass is 532 g/mol. The van der Waals surface area contributed by atoms with Crippen LogP contribution in [0.15, 0.2) is 91.0 Å². The molecule has 5 nitrogen and oxygen atoms in total. The molecule has 3 aliphatic carbocycles. The zero-order valence-corrected chi connectivity index (χ0v) is 22.2. The average Bonchev–Trinajstić information content (AvgIpc) is 3.16. The van der Waals surface area contributed by atoms with E-state index >= 15 is 0 Å². The normalized spacial score (nSPS) is 24.3. The van der Waals surface area contributed by atoms with Crippen molar-refractivity contribution in [2.45, 2.75) is 25.7 Å². The number of nitrogens with one attached hydrogen (secondary N) is 1. The molecule has 0 unspecified atom stereocenters. The highest BCUT2D eigenvalue weighted by atomic mass is 35.5. The number of carbonyl (C=O) groups excluding carboxylic acids is 3. The SMILES string of the molecule is Cc1c(Cl)cccc1NC(=O)c1ccc(N2C(=O)[C@H]3C4c5ccccc5C(c5ccccc54)[C@]3(C)C2=O)cc1. The number of hydrogen-bond acceptors (Lipinski definition) is 3. The van der Waals surface area contributed by atoms with Crippen molar-refractivity contribution >= 4 is 40.7 Å². The lowest BCUT2D eigenvalue weighted by Gasteiger charge is -2.51. The van der Waals surface area contributed by atoms with E-state index in [0.717, 1.165) is 27.8 Å². The Labute approximate surface area is 231 Å². The first-order valence-corrected chi connectivity index (χ1v) is 13.4. The standard InChI is InChI=1S/C33H25ClN2O3/c1-18-25(34)12-7-13-26(18)35-30(37)19-14-16-20(17-15-19)36-31(38)29-27-21-8-3-5-10-23(21)28(33(29,2)32(36)39)24-11-6-4-9-22(24)27/h3-17,27-29H,1-2H3,(H,35,37)/t27?,28?,29-,33+/m1/s1. The Bertz CT molecular complexity index is 1670. The number of hydrogen-bond donors (Lipinski definition) is 1. The van der Waals surface area contributed by atoms with E-state index in [-0.39, 0.29) is 29.6 Å². The van der Waals surface area contributed by atoms with E-state index in [1.165, 1.54) is 4.90 Å². The highest BCUT2D eigenvalue weighted by Crippen LogP contribution is 2.67. The van der Waals surface area contributed by atoms with E-state index in [0.29, 0.717) is 22.0 Å². The minimum absolute atomic E-state index is 0.181. The second kappa shape index (κ2) is 8.39. The van der Waals surface area contributed by atoms with E-state index < -0.39 is 11.3 Å². The molecule has 3 amide bonds. The molecule has 1 aliphatic heterocycles. The van der Waals surface area contributed by atoms with Crippen molar-refractivity contribution in [3.63, 3.8) is 0 Å². The Morgan fingerprint density at radius 3 is 2.03 bits per heavy atom. The van der Waals surface area contributed by atoms with Gasteiger partial charge in [-0.25, -0.2) is 4.90 Å². The minimum Gasteiger partial charge on any atom is -0.322 e. The molecule has 0 saturated carbocycles. The van der Waals surface area contributed by atoms with Gasteiger partial charge in [-0.3, -0.25) is 14.4 Å². The van der Waals surface area contributed by atoms with Gasteiger partial charge in [0, 0.05) is 28.1 Å². The van der Waals surface area contributed by atoms with Gasteiger partial charge in [-0.15, -0.1) is 0 Å². The highest BCUT2D eigenvalue weighted by molar-refractivity contribution is 6.31. The van der Waals surface area contributed by atoms with Gasteiger partial charge in [0.25, 0.3) is 5.91 Å². The molecule has 0 spiro atoms. The van der Waals surface area contributed by atoms with E-state index in [1.54, 1.807) is 42.5 Å². The van der Waals surface area contributed by atoms with Gasteiger partial charge in [-0.1, -0.05) is 66.2 Å². The summed E-state index contributed by atoms with van der Waals surface area (Å²) in [5.41, 5.74) is 5.94. The summed E-state index contributed by atoms with van der Waals surface area (Å²) >= 11 is 6.19. The Kier molecular flexibility index (Phi) is 5.13. The minimum atomic E-state index is -0.898. The average molecular weight is 533 g/mol. The fourth-order valence-corrected chi connectivity index (χ4v) is 7.23. The van der Waals surface area contributed by atoms with Crippen LogP contribution in [0.1, 0.15) is 56.9 Å². The summed E-state index contributed by atoms with van der Waals surface area (Å²) in [6.07, 6.45) is 0. The Morgan fingerprint density at radius 2 is 1.41 bits per heavy atom. The van der Waals surface area contributed by atoms with Crippen LogP contribution in [-0.4, -0.2) is 17.7 Å². The third-order valence-corrected chi connectivity index (χ3v) is 9.33. The second-order valence-electron chi connectivity index (χ2n) is 10.8. The summed E-state index contributed by atoms with van der Waals surface area (Å²) < 4.78 is 0. The lowest BCUT2D eigenvalue weighted by Crippen LogP contribution is -2.49. The molecule has 39 heavy (non-hydrogen) atoms. The van der Waals surface area contributed by atoms with E-state index in [2.05, 4.69) is 29.6 Å². The first-order valence-electron chi connectivity index (χ1n) is 13.0. The first-order chi connectivity index (χ1) is 18.8. The summed E-state index contributed by atoms with van der Waals surface area (Å²) in [4.78, 5) is 42.6. The largest absolute Gasteiger partial charge is 0.322 e. The lowest BCUT2D eigenvalue weighted by molar-refractivity contribution is -0.128. The van der Waals surface area contributed by atoms with Crippen molar-refractivity contribution in [1.29, 1.82) is 0 Å². The predicted octanol–water partition coefficient (Wildman–Crippen LogP) is 6.69. The van der Waals surface area contributed by atoms with Crippen LogP contribution in [0.25, 0.3) is 0 Å². The van der Waals surface area contributed by atoms with Crippen LogP contribution in [0.2, 0.25) is 5.02 Å². The molecule has 2 bridgehead atoms. The zero-order valence-electron chi connectivity index (χ0n) is 21.4. The van der Waals surface area contributed by atoms with Gasteiger partial charge < -0.3 is 5.32 Å². The molecule has 1 N–H and O–H groups in total. The molecule has 1 saturated heterocycles. The van der Waals surface area contributed by atoms with Crippen LogP contribution in [0.5, 0.6) is 0 Å². The number of nitrogens with zero attached hydrogens (tertiary/aromatic N) is 1.